The van der Waals surface area contributed by atoms with Gasteiger partial charge in [-0.15, -0.1) is 0 Å². The van der Waals surface area contributed by atoms with Gasteiger partial charge in [0, 0.05) is 48.4 Å². The van der Waals surface area contributed by atoms with Gasteiger partial charge in [-0.2, -0.15) is 0 Å². The number of primary amides is 2. The van der Waals surface area contributed by atoms with Crippen LogP contribution in [-0.4, -0.2) is 85.8 Å². The summed E-state index contributed by atoms with van der Waals surface area (Å²) in [4.78, 5) is 58.4. The molecule has 0 spiro atoms. The zero-order chi connectivity index (χ0) is 43.4. The molecule has 12 nitrogen and oxygen atoms in total. The second-order valence-electron chi connectivity index (χ2n) is 13.1. The van der Waals surface area contributed by atoms with Gasteiger partial charge in [-0.25, -0.2) is 0 Å². The van der Waals surface area contributed by atoms with Crippen LogP contribution in [0.1, 0.15) is 152 Å². The van der Waals surface area contributed by atoms with Crippen molar-refractivity contribution in [3.63, 3.8) is 0 Å². The molecule has 2 aromatic rings. The highest BCUT2D eigenvalue weighted by atomic mass is 16.2. The number of hydrogen-bond acceptors (Lipinski definition) is 8. The van der Waals surface area contributed by atoms with E-state index in [1.165, 1.54) is 9.80 Å². The van der Waals surface area contributed by atoms with Gasteiger partial charge >= 0.3 is 0 Å². The van der Waals surface area contributed by atoms with E-state index in [1.54, 1.807) is 0 Å². The summed E-state index contributed by atoms with van der Waals surface area (Å²) in [5.74, 6) is -4.14. The number of amides is 4. The molecule has 0 aliphatic carbocycles. The SMILES string of the molecule is [3H]c1c([3H])c(C(=O)N(CCCCCCN)CCCCCCN)c(-c2c([3H])c(C(N)=O)c([3H])c([3H])c2C(=O)N(CCCCCCN)CCCCCCN)c([3H])c1C(N)=O. The Balaban J connectivity index is 3.04. The first kappa shape index (κ1) is 35.2. The van der Waals surface area contributed by atoms with Crippen molar-refractivity contribution in [3.8, 4) is 11.1 Å². The molecule has 2 rings (SSSR count). The van der Waals surface area contributed by atoms with E-state index in [1.807, 2.05) is 0 Å². The van der Waals surface area contributed by atoms with E-state index in [4.69, 9.17) is 39.9 Å². The second-order valence-corrected chi connectivity index (χ2v) is 13.1. The molecule has 0 aliphatic heterocycles. The molecular formula is C40H66N8O4. The fourth-order valence-corrected chi connectivity index (χ4v) is 5.90. The Labute approximate surface area is 319 Å². The lowest BCUT2D eigenvalue weighted by Gasteiger charge is -2.26. The minimum Gasteiger partial charge on any atom is -0.366 e. The Morgan fingerprint density at radius 1 is 0.442 bits per heavy atom. The van der Waals surface area contributed by atoms with E-state index in [0.717, 1.165) is 77.0 Å². The molecule has 0 fully saturated rings. The van der Waals surface area contributed by atoms with Crippen LogP contribution in [0.25, 0.3) is 11.1 Å². The molecule has 0 saturated heterocycles. The van der Waals surface area contributed by atoms with Crippen LogP contribution in [0.15, 0.2) is 36.3 Å². The number of unbranched alkanes of at least 4 members (excludes halogenated alkanes) is 12. The summed E-state index contributed by atoms with van der Waals surface area (Å²) in [5, 5.41) is 0. The number of hydrogen-bond donors (Lipinski definition) is 6. The maximum atomic E-state index is 14.9. The van der Waals surface area contributed by atoms with E-state index in [2.05, 4.69) is 0 Å². The molecule has 4 amide bonds. The number of nitrogens with two attached hydrogens (primary N) is 6. The van der Waals surface area contributed by atoms with Crippen molar-refractivity contribution >= 4 is 23.6 Å². The lowest BCUT2D eigenvalue weighted by Crippen LogP contribution is -2.34. The molecule has 0 unspecified atom stereocenters. The lowest BCUT2D eigenvalue weighted by atomic mass is 9.90. The van der Waals surface area contributed by atoms with Crippen LogP contribution in [0.2, 0.25) is 0 Å². The van der Waals surface area contributed by atoms with Gasteiger partial charge in [0.2, 0.25) is 11.8 Å². The molecule has 0 radical (unpaired) electrons. The van der Waals surface area contributed by atoms with E-state index < -0.39 is 93.3 Å². The maximum Gasteiger partial charge on any atom is 0.254 e. The first-order valence-electron chi connectivity index (χ1n) is 22.0. The Kier molecular flexibility index (Phi) is 17.6. The van der Waals surface area contributed by atoms with Crippen LogP contribution in [0.4, 0.5) is 0 Å². The minimum absolute atomic E-state index is 0.223. The third-order valence-corrected chi connectivity index (χ3v) is 8.90. The Morgan fingerprint density at radius 3 is 0.962 bits per heavy atom. The molecule has 0 atom stereocenters. The number of benzene rings is 2. The summed E-state index contributed by atoms with van der Waals surface area (Å²) in [5.41, 5.74) is 30.3. The Hall–Kier alpha value is -3.84. The topological polar surface area (TPSA) is 231 Å². The lowest BCUT2D eigenvalue weighted by molar-refractivity contribution is 0.0740. The highest BCUT2D eigenvalue weighted by Gasteiger charge is 2.26. The van der Waals surface area contributed by atoms with Crippen molar-refractivity contribution < 1.29 is 27.4 Å². The van der Waals surface area contributed by atoms with E-state index >= 15 is 0 Å². The first-order chi connectivity index (χ1) is 27.7. The molecule has 2 aromatic carbocycles. The highest BCUT2D eigenvalue weighted by Crippen LogP contribution is 2.32. The van der Waals surface area contributed by atoms with Gasteiger partial charge in [-0.05, 0) is 125 Å². The normalized spacial score (nSPS) is 12.7. The smallest absolute Gasteiger partial charge is 0.254 e. The maximum absolute atomic E-state index is 14.9. The molecule has 52 heavy (non-hydrogen) atoms. The average molecular weight is 735 g/mol. The molecule has 0 bridgehead atoms. The van der Waals surface area contributed by atoms with Crippen LogP contribution in [0, 0.1) is 0 Å². The van der Waals surface area contributed by atoms with Gasteiger partial charge < -0.3 is 44.2 Å². The number of carbonyl (C=O) groups excluding carboxylic acids is 4. The van der Waals surface area contributed by atoms with Gasteiger partial charge in [0.25, 0.3) is 11.8 Å². The van der Waals surface area contributed by atoms with Gasteiger partial charge in [-0.3, -0.25) is 19.2 Å². The molecular weight excluding hydrogens is 656 g/mol. The summed E-state index contributed by atoms with van der Waals surface area (Å²) < 4.78 is 54.3. The summed E-state index contributed by atoms with van der Waals surface area (Å²) in [7, 11) is 0. The fraction of sp³-hybridized carbons (Fsp3) is 0.600. The van der Waals surface area contributed by atoms with Crippen LogP contribution in [-0.2, 0) is 0 Å². The summed E-state index contributed by atoms with van der Waals surface area (Å²) in [6, 6.07) is -4.81. The summed E-state index contributed by atoms with van der Waals surface area (Å²) >= 11 is 0. The second kappa shape index (κ2) is 26.0. The number of carbonyl (C=O) groups is 4. The van der Waals surface area contributed by atoms with Crippen LogP contribution in [0.5, 0.6) is 0 Å². The van der Waals surface area contributed by atoms with E-state index in [-0.39, 0.29) is 26.2 Å². The quantitative estimate of drug-likeness (QED) is 0.0650. The largest absolute Gasteiger partial charge is 0.366 e. The third kappa shape index (κ3) is 15.4. The molecule has 0 saturated carbocycles. The third-order valence-electron chi connectivity index (χ3n) is 8.90. The minimum atomic E-state index is -1.27. The standard InChI is InChI=1S/C40H66N8O4/c41-21-9-1-5-13-25-47(26-14-6-2-10-22-42)39(51)33-19-17-31(37(45)49)29-35(33)36-30-32(38(46)50)18-20-34(36)40(52)48(27-15-7-3-11-23-43)28-16-8-4-12-24-44/h17-20,29-30H,1-16,21-28,41-44H2,(H2,45,49)(H2,46,50)/i17T,18T,19T,20T,29T,30T. The first-order valence-corrected chi connectivity index (χ1v) is 19.0. The van der Waals surface area contributed by atoms with Crippen molar-refractivity contribution in [2.24, 2.45) is 34.4 Å². The highest BCUT2D eigenvalue weighted by molar-refractivity contribution is 6.09. The molecule has 0 heterocycles. The van der Waals surface area contributed by atoms with Crippen molar-refractivity contribution in [1.29, 1.82) is 0 Å². The monoisotopic (exact) mass is 735 g/mol. The zero-order valence-electron chi connectivity index (χ0n) is 37.0. The van der Waals surface area contributed by atoms with Gasteiger partial charge in [0.05, 0.1) is 8.22 Å². The van der Waals surface area contributed by atoms with Gasteiger partial charge in [0.15, 0.2) is 0 Å². The van der Waals surface area contributed by atoms with Crippen molar-refractivity contribution in [2.45, 2.75) is 103 Å². The van der Waals surface area contributed by atoms with Crippen molar-refractivity contribution in [1.82, 2.24) is 9.80 Å². The summed E-state index contributed by atoms with van der Waals surface area (Å²) in [6.45, 7) is 2.94. The average Bonchev–Trinajstić information content (AvgIpc) is 3.18. The summed E-state index contributed by atoms with van der Waals surface area (Å²) in [6.07, 6.45) is 11.6. The van der Waals surface area contributed by atoms with Crippen molar-refractivity contribution in [2.75, 3.05) is 52.4 Å². The van der Waals surface area contributed by atoms with E-state index in [9.17, 15) is 21.9 Å². The molecule has 0 aliphatic rings. The van der Waals surface area contributed by atoms with Crippen LogP contribution < -0.4 is 34.4 Å². The van der Waals surface area contributed by atoms with Gasteiger partial charge in [-0.1, -0.05) is 51.4 Å². The fourth-order valence-electron chi connectivity index (χ4n) is 5.90. The van der Waals surface area contributed by atoms with Crippen molar-refractivity contribution in [3.05, 3.63) is 58.5 Å². The Morgan fingerprint density at radius 2 is 0.712 bits per heavy atom. The predicted molar refractivity (Wildman–Crippen MR) is 211 cm³/mol. The predicted octanol–water partition coefficient (Wildman–Crippen LogP) is 4.51. The zero-order valence-corrected chi connectivity index (χ0v) is 31.0. The number of rotatable bonds is 29. The van der Waals surface area contributed by atoms with Gasteiger partial charge in [0.1, 0.15) is 0 Å². The molecule has 0 aromatic heterocycles. The molecule has 12 heteroatoms. The van der Waals surface area contributed by atoms with Crippen LogP contribution >= 0.6 is 0 Å². The molecule has 12 N–H and O–H groups in total. The van der Waals surface area contributed by atoms with E-state index in [0.29, 0.717) is 51.9 Å². The number of nitrogens with zero attached hydrogens (tertiary/aromatic N) is 2. The Bertz CT molecular complexity index is 1550. The molecule has 290 valence electrons. The van der Waals surface area contributed by atoms with Crippen LogP contribution in [0.3, 0.4) is 0 Å².